The monoisotopic (exact) mass is 203 g/mol. The van der Waals surface area contributed by atoms with E-state index in [0.717, 1.165) is 5.39 Å². The number of nitrogens with zero attached hydrogens (tertiary/aromatic N) is 1. The first-order valence-corrected chi connectivity index (χ1v) is 4.34. The van der Waals surface area contributed by atoms with Crippen LogP contribution in [0.25, 0.3) is 11.0 Å². The van der Waals surface area contributed by atoms with E-state index in [4.69, 9.17) is 19.2 Å². The van der Waals surface area contributed by atoms with Crippen LogP contribution in [0, 0.1) is 11.3 Å². The lowest BCUT2D eigenvalue weighted by Crippen LogP contribution is -1.84. The molecule has 0 bridgehead atoms. The van der Waals surface area contributed by atoms with Crippen molar-refractivity contribution in [1.82, 2.24) is 0 Å². The molecule has 4 nitrogen and oxygen atoms in total. The van der Waals surface area contributed by atoms with E-state index >= 15 is 0 Å². The Morgan fingerprint density at radius 3 is 2.67 bits per heavy atom. The highest BCUT2D eigenvalue weighted by atomic mass is 16.5. The smallest absolute Gasteiger partial charge is 0.246 e. The van der Waals surface area contributed by atoms with Crippen LogP contribution in [-0.4, -0.2) is 14.2 Å². The van der Waals surface area contributed by atoms with Crippen LogP contribution in [0.5, 0.6) is 11.5 Å². The van der Waals surface area contributed by atoms with Gasteiger partial charge in [0.1, 0.15) is 17.4 Å². The molecule has 1 aromatic carbocycles. The maximum Gasteiger partial charge on any atom is 0.246 e. The summed E-state index contributed by atoms with van der Waals surface area (Å²) in [7, 11) is 3.09. The number of benzene rings is 1. The Balaban J connectivity index is 2.74. The average molecular weight is 203 g/mol. The van der Waals surface area contributed by atoms with Crippen LogP contribution in [0.3, 0.4) is 0 Å². The Morgan fingerprint density at radius 1 is 1.27 bits per heavy atom. The van der Waals surface area contributed by atoms with Crippen molar-refractivity contribution in [1.29, 1.82) is 5.26 Å². The second kappa shape index (κ2) is 3.54. The van der Waals surface area contributed by atoms with Crippen molar-refractivity contribution < 1.29 is 13.9 Å². The highest BCUT2D eigenvalue weighted by Crippen LogP contribution is 2.34. The summed E-state index contributed by atoms with van der Waals surface area (Å²) in [6.07, 6.45) is 0. The first-order chi connectivity index (χ1) is 7.30. The molecule has 0 saturated carbocycles. The van der Waals surface area contributed by atoms with Crippen molar-refractivity contribution in [3.63, 3.8) is 0 Å². The van der Waals surface area contributed by atoms with Crippen LogP contribution >= 0.6 is 0 Å². The van der Waals surface area contributed by atoms with Crippen LogP contribution in [0.4, 0.5) is 0 Å². The third-order valence-corrected chi connectivity index (χ3v) is 2.16. The van der Waals surface area contributed by atoms with Gasteiger partial charge in [0.05, 0.1) is 19.6 Å². The van der Waals surface area contributed by atoms with Crippen LogP contribution in [0.15, 0.2) is 22.6 Å². The molecule has 0 aliphatic carbocycles. The minimum absolute atomic E-state index is 0.181. The van der Waals surface area contributed by atoms with Gasteiger partial charge < -0.3 is 13.9 Å². The van der Waals surface area contributed by atoms with E-state index in [-0.39, 0.29) is 5.76 Å². The summed E-state index contributed by atoms with van der Waals surface area (Å²) in [6.45, 7) is 0. The van der Waals surface area contributed by atoms with E-state index < -0.39 is 0 Å². The molecule has 0 aliphatic heterocycles. The number of hydrogen-bond acceptors (Lipinski definition) is 4. The van der Waals surface area contributed by atoms with Crippen LogP contribution in [0.1, 0.15) is 5.76 Å². The molecule has 0 N–H and O–H groups in total. The molecule has 0 atom stereocenters. The number of furan rings is 1. The Kier molecular flexibility index (Phi) is 2.22. The number of hydrogen-bond donors (Lipinski definition) is 0. The average Bonchev–Trinajstić information content (AvgIpc) is 2.65. The van der Waals surface area contributed by atoms with Crippen molar-refractivity contribution in [3.8, 4) is 17.6 Å². The number of ether oxygens (including phenoxy) is 2. The second-order valence-electron chi connectivity index (χ2n) is 2.94. The predicted molar refractivity (Wildman–Crippen MR) is 54.0 cm³/mol. The molecular weight excluding hydrogens is 194 g/mol. The SMILES string of the molecule is COc1ccc2oc(C#N)c(OC)c2c1. The van der Waals surface area contributed by atoms with E-state index in [1.54, 1.807) is 25.3 Å². The van der Waals surface area contributed by atoms with E-state index in [1.165, 1.54) is 7.11 Å². The summed E-state index contributed by atoms with van der Waals surface area (Å²) in [4.78, 5) is 0. The van der Waals surface area contributed by atoms with Gasteiger partial charge in [0, 0.05) is 0 Å². The number of nitriles is 1. The fourth-order valence-electron chi connectivity index (χ4n) is 1.46. The molecule has 2 aromatic rings. The lowest BCUT2D eigenvalue weighted by atomic mass is 10.2. The van der Waals surface area contributed by atoms with Crippen molar-refractivity contribution in [2.45, 2.75) is 0 Å². The van der Waals surface area contributed by atoms with Crippen molar-refractivity contribution >= 4 is 11.0 Å². The van der Waals surface area contributed by atoms with Gasteiger partial charge in [-0.1, -0.05) is 0 Å². The van der Waals surface area contributed by atoms with Gasteiger partial charge in [0.2, 0.25) is 5.76 Å². The van der Waals surface area contributed by atoms with E-state index in [0.29, 0.717) is 17.1 Å². The third-order valence-electron chi connectivity index (χ3n) is 2.16. The quantitative estimate of drug-likeness (QED) is 0.751. The lowest BCUT2D eigenvalue weighted by Gasteiger charge is -1.99. The minimum atomic E-state index is 0.181. The molecule has 1 heterocycles. The molecule has 76 valence electrons. The Labute approximate surface area is 86.6 Å². The zero-order valence-electron chi connectivity index (χ0n) is 8.40. The van der Waals surface area contributed by atoms with Crippen molar-refractivity contribution in [2.24, 2.45) is 0 Å². The fourth-order valence-corrected chi connectivity index (χ4v) is 1.46. The summed E-state index contributed by atoms with van der Waals surface area (Å²) >= 11 is 0. The first-order valence-electron chi connectivity index (χ1n) is 4.34. The summed E-state index contributed by atoms with van der Waals surface area (Å²) in [5, 5.41) is 9.57. The Hall–Kier alpha value is -2.15. The number of rotatable bonds is 2. The molecule has 0 radical (unpaired) electrons. The van der Waals surface area contributed by atoms with Gasteiger partial charge >= 0.3 is 0 Å². The van der Waals surface area contributed by atoms with Gasteiger partial charge in [-0.2, -0.15) is 5.26 Å². The standard InChI is InChI=1S/C11H9NO3/c1-13-7-3-4-9-8(5-7)11(14-2)10(6-12)15-9/h3-5H,1-2H3. The Bertz CT molecular complexity index is 536. The number of methoxy groups -OCH3 is 2. The highest BCUT2D eigenvalue weighted by Gasteiger charge is 2.14. The lowest BCUT2D eigenvalue weighted by molar-refractivity contribution is 0.406. The van der Waals surface area contributed by atoms with Crippen molar-refractivity contribution in [2.75, 3.05) is 14.2 Å². The molecule has 15 heavy (non-hydrogen) atoms. The molecule has 0 saturated heterocycles. The van der Waals surface area contributed by atoms with Crippen molar-refractivity contribution in [3.05, 3.63) is 24.0 Å². The molecular formula is C11H9NO3. The zero-order valence-corrected chi connectivity index (χ0v) is 8.40. The van der Waals surface area contributed by atoms with Gasteiger partial charge in [0.25, 0.3) is 0 Å². The van der Waals surface area contributed by atoms with Crippen LogP contribution < -0.4 is 9.47 Å². The van der Waals surface area contributed by atoms with E-state index in [2.05, 4.69) is 0 Å². The summed E-state index contributed by atoms with van der Waals surface area (Å²) in [5.74, 6) is 1.33. The molecule has 4 heteroatoms. The molecule has 0 amide bonds. The largest absolute Gasteiger partial charge is 0.497 e. The molecule has 0 unspecified atom stereocenters. The predicted octanol–water partition coefficient (Wildman–Crippen LogP) is 2.32. The summed E-state index contributed by atoms with van der Waals surface area (Å²) < 4.78 is 15.5. The maximum atomic E-state index is 8.82. The van der Waals surface area contributed by atoms with Gasteiger partial charge in [0.15, 0.2) is 5.75 Å². The molecule has 2 rings (SSSR count). The zero-order chi connectivity index (χ0) is 10.8. The first kappa shape index (κ1) is 9.41. The van der Waals surface area contributed by atoms with Crippen LogP contribution in [-0.2, 0) is 0 Å². The molecule has 1 aromatic heterocycles. The topological polar surface area (TPSA) is 55.4 Å². The second-order valence-corrected chi connectivity index (χ2v) is 2.94. The molecule has 0 spiro atoms. The molecule has 0 fully saturated rings. The normalized spacial score (nSPS) is 9.93. The van der Waals surface area contributed by atoms with Gasteiger partial charge in [-0.05, 0) is 18.2 Å². The van der Waals surface area contributed by atoms with E-state index in [9.17, 15) is 0 Å². The maximum absolute atomic E-state index is 8.82. The van der Waals surface area contributed by atoms with E-state index in [1.807, 2.05) is 6.07 Å². The van der Waals surface area contributed by atoms with Gasteiger partial charge in [-0.15, -0.1) is 0 Å². The Morgan fingerprint density at radius 2 is 2.07 bits per heavy atom. The third kappa shape index (κ3) is 1.38. The fraction of sp³-hybridized carbons (Fsp3) is 0.182. The highest BCUT2D eigenvalue weighted by molar-refractivity contribution is 5.87. The van der Waals surface area contributed by atoms with Gasteiger partial charge in [-0.25, -0.2) is 0 Å². The summed E-state index contributed by atoms with van der Waals surface area (Å²) in [5.41, 5.74) is 0.615. The van der Waals surface area contributed by atoms with Gasteiger partial charge in [-0.3, -0.25) is 0 Å². The number of fused-ring (bicyclic) bond motifs is 1. The summed E-state index contributed by atoms with van der Waals surface area (Å²) in [6, 6.07) is 7.24. The minimum Gasteiger partial charge on any atom is -0.497 e. The van der Waals surface area contributed by atoms with Crippen LogP contribution in [0.2, 0.25) is 0 Å². The molecule has 0 aliphatic rings.